The van der Waals surface area contributed by atoms with Crippen LogP contribution in [0.15, 0.2) is 36.4 Å². The van der Waals surface area contributed by atoms with E-state index in [1.165, 1.54) is 5.56 Å². The van der Waals surface area contributed by atoms with E-state index in [-0.39, 0.29) is 5.91 Å². The number of benzene rings is 1. The van der Waals surface area contributed by atoms with E-state index in [0.29, 0.717) is 18.1 Å². The standard InChI is InChI=1S/C18H25N5O/c1-4-14-6-8-15(9-7-14)20-17-11-10-16(21-22-17)18(24)19-12-5-13-23(2)3/h6-11H,4-5,12-13H2,1-3H3,(H,19,24)(H,20,22). The highest BCUT2D eigenvalue weighted by Crippen LogP contribution is 2.15. The highest BCUT2D eigenvalue weighted by molar-refractivity contribution is 5.92. The summed E-state index contributed by atoms with van der Waals surface area (Å²) < 4.78 is 0. The Labute approximate surface area is 143 Å². The van der Waals surface area contributed by atoms with Crippen LogP contribution in [0.2, 0.25) is 0 Å². The number of amides is 1. The van der Waals surface area contributed by atoms with Crippen molar-refractivity contribution in [1.82, 2.24) is 20.4 Å². The number of hydrogen-bond acceptors (Lipinski definition) is 5. The zero-order valence-corrected chi connectivity index (χ0v) is 14.5. The third-order valence-electron chi connectivity index (χ3n) is 3.60. The predicted molar refractivity (Wildman–Crippen MR) is 96.6 cm³/mol. The second-order valence-corrected chi connectivity index (χ2v) is 5.89. The predicted octanol–water partition coefficient (Wildman–Crippen LogP) is 2.46. The van der Waals surface area contributed by atoms with Crippen molar-refractivity contribution >= 4 is 17.4 Å². The Morgan fingerprint density at radius 1 is 1.08 bits per heavy atom. The number of aryl methyl sites for hydroxylation is 1. The fraction of sp³-hybridized carbons (Fsp3) is 0.389. The first-order valence-corrected chi connectivity index (χ1v) is 8.21. The Morgan fingerprint density at radius 3 is 2.42 bits per heavy atom. The number of hydrogen-bond donors (Lipinski definition) is 2. The van der Waals surface area contributed by atoms with Gasteiger partial charge in [-0.1, -0.05) is 19.1 Å². The molecule has 0 radical (unpaired) electrons. The molecule has 2 aromatic rings. The van der Waals surface area contributed by atoms with Gasteiger partial charge < -0.3 is 15.5 Å². The summed E-state index contributed by atoms with van der Waals surface area (Å²) in [6.45, 7) is 3.69. The first kappa shape index (κ1) is 17.9. The molecular formula is C18H25N5O. The summed E-state index contributed by atoms with van der Waals surface area (Å²) in [5, 5.41) is 14.1. The fourth-order valence-electron chi connectivity index (χ4n) is 2.18. The lowest BCUT2D eigenvalue weighted by molar-refractivity contribution is 0.0946. The van der Waals surface area contributed by atoms with Gasteiger partial charge in [-0.05, 0) is 63.3 Å². The van der Waals surface area contributed by atoms with Gasteiger partial charge in [-0.15, -0.1) is 10.2 Å². The number of nitrogens with zero attached hydrogens (tertiary/aromatic N) is 3. The molecule has 24 heavy (non-hydrogen) atoms. The third kappa shape index (κ3) is 5.62. The molecule has 6 heteroatoms. The van der Waals surface area contributed by atoms with E-state index >= 15 is 0 Å². The molecule has 1 amide bonds. The van der Waals surface area contributed by atoms with Crippen molar-refractivity contribution in [2.24, 2.45) is 0 Å². The molecule has 0 fully saturated rings. The van der Waals surface area contributed by atoms with Crippen LogP contribution in [0.3, 0.4) is 0 Å². The smallest absolute Gasteiger partial charge is 0.271 e. The van der Waals surface area contributed by atoms with E-state index < -0.39 is 0 Å². The van der Waals surface area contributed by atoms with Crippen molar-refractivity contribution in [2.75, 3.05) is 32.5 Å². The largest absolute Gasteiger partial charge is 0.351 e. The highest BCUT2D eigenvalue weighted by Gasteiger charge is 2.07. The van der Waals surface area contributed by atoms with Crippen molar-refractivity contribution in [1.29, 1.82) is 0 Å². The molecule has 2 N–H and O–H groups in total. The number of aromatic nitrogens is 2. The molecular weight excluding hydrogens is 302 g/mol. The number of rotatable bonds is 8. The van der Waals surface area contributed by atoms with Crippen LogP contribution in [0.1, 0.15) is 29.4 Å². The van der Waals surface area contributed by atoms with E-state index in [1.54, 1.807) is 12.1 Å². The van der Waals surface area contributed by atoms with Crippen molar-refractivity contribution in [2.45, 2.75) is 19.8 Å². The first-order chi connectivity index (χ1) is 11.6. The number of carbonyl (C=O) groups is 1. The molecule has 128 valence electrons. The molecule has 0 aliphatic rings. The number of nitrogens with one attached hydrogen (secondary N) is 2. The van der Waals surface area contributed by atoms with Crippen molar-refractivity contribution in [3.8, 4) is 0 Å². The van der Waals surface area contributed by atoms with Crippen LogP contribution in [0.25, 0.3) is 0 Å². The summed E-state index contributed by atoms with van der Waals surface area (Å²) in [6.07, 6.45) is 1.91. The van der Waals surface area contributed by atoms with E-state index in [2.05, 4.69) is 44.8 Å². The van der Waals surface area contributed by atoms with Gasteiger partial charge in [-0.2, -0.15) is 0 Å². The zero-order valence-electron chi connectivity index (χ0n) is 14.5. The summed E-state index contributed by atoms with van der Waals surface area (Å²) in [4.78, 5) is 14.1. The second kappa shape index (κ2) is 8.98. The fourth-order valence-corrected chi connectivity index (χ4v) is 2.18. The topological polar surface area (TPSA) is 70.2 Å². The summed E-state index contributed by atoms with van der Waals surface area (Å²) in [5.74, 6) is 0.420. The van der Waals surface area contributed by atoms with Crippen molar-refractivity contribution in [3.63, 3.8) is 0 Å². The molecule has 0 atom stereocenters. The van der Waals surface area contributed by atoms with Crippen LogP contribution in [0.4, 0.5) is 11.5 Å². The first-order valence-electron chi connectivity index (χ1n) is 8.21. The molecule has 0 bridgehead atoms. The number of anilines is 2. The quantitative estimate of drug-likeness (QED) is 0.729. The van der Waals surface area contributed by atoms with Crippen LogP contribution < -0.4 is 10.6 Å². The number of carbonyl (C=O) groups excluding carboxylic acids is 1. The van der Waals surface area contributed by atoms with E-state index in [1.807, 2.05) is 26.2 Å². The van der Waals surface area contributed by atoms with Gasteiger partial charge in [0.25, 0.3) is 5.91 Å². The Hall–Kier alpha value is -2.47. The maximum atomic E-state index is 12.0. The SMILES string of the molecule is CCc1ccc(Nc2ccc(C(=O)NCCCN(C)C)nn2)cc1. The van der Waals surface area contributed by atoms with E-state index in [9.17, 15) is 4.79 Å². The van der Waals surface area contributed by atoms with Crippen molar-refractivity contribution in [3.05, 3.63) is 47.7 Å². The van der Waals surface area contributed by atoms with Gasteiger partial charge in [0, 0.05) is 12.2 Å². The summed E-state index contributed by atoms with van der Waals surface area (Å²) >= 11 is 0. The van der Waals surface area contributed by atoms with Gasteiger partial charge in [0.2, 0.25) is 0 Å². The lowest BCUT2D eigenvalue weighted by atomic mass is 10.1. The molecule has 1 aromatic heterocycles. The summed E-state index contributed by atoms with van der Waals surface area (Å²) in [6, 6.07) is 11.6. The maximum absolute atomic E-state index is 12.0. The minimum Gasteiger partial charge on any atom is -0.351 e. The molecule has 0 aliphatic carbocycles. The van der Waals surface area contributed by atoms with Gasteiger partial charge in [0.05, 0.1) is 0 Å². The Morgan fingerprint density at radius 2 is 1.83 bits per heavy atom. The molecule has 0 aliphatic heterocycles. The van der Waals surface area contributed by atoms with Gasteiger partial charge in [-0.3, -0.25) is 4.79 Å². The molecule has 0 unspecified atom stereocenters. The van der Waals surface area contributed by atoms with Crippen LogP contribution in [0.5, 0.6) is 0 Å². The minimum absolute atomic E-state index is 0.194. The van der Waals surface area contributed by atoms with Crippen LogP contribution in [-0.4, -0.2) is 48.2 Å². The van der Waals surface area contributed by atoms with Crippen LogP contribution in [0, 0.1) is 0 Å². The normalized spacial score (nSPS) is 10.7. The van der Waals surface area contributed by atoms with Crippen molar-refractivity contribution < 1.29 is 4.79 Å². The van der Waals surface area contributed by atoms with Gasteiger partial charge >= 0.3 is 0 Å². The van der Waals surface area contributed by atoms with Crippen LogP contribution >= 0.6 is 0 Å². The molecule has 2 rings (SSSR count). The van der Waals surface area contributed by atoms with Gasteiger partial charge in [0.1, 0.15) is 0 Å². The van der Waals surface area contributed by atoms with E-state index in [4.69, 9.17) is 0 Å². The monoisotopic (exact) mass is 327 g/mol. The van der Waals surface area contributed by atoms with E-state index in [0.717, 1.165) is 25.1 Å². The molecule has 6 nitrogen and oxygen atoms in total. The average molecular weight is 327 g/mol. The summed E-state index contributed by atoms with van der Waals surface area (Å²) in [7, 11) is 4.02. The lowest BCUT2D eigenvalue weighted by Gasteiger charge is -2.10. The molecule has 0 spiro atoms. The highest BCUT2D eigenvalue weighted by atomic mass is 16.1. The second-order valence-electron chi connectivity index (χ2n) is 5.89. The van der Waals surface area contributed by atoms with Gasteiger partial charge in [0.15, 0.2) is 11.5 Å². The Kier molecular flexibility index (Phi) is 6.69. The zero-order chi connectivity index (χ0) is 17.4. The minimum atomic E-state index is -0.194. The lowest BCUT2D eigenvalue weighted by Crippen LogP contribution is -2.28. The molecule has 1 aromatic carbocycles. The maximum Gasteiger partial charge on any atom is 0.271 e. The molecule has 0 saturated carbocycles. The average Bonchev–Trinajstić information content (AvgIpc) is 2.59. The van der Waals surface area contributed by atoms with Crippen LogP contribution in [-0.2, 0) is 6.42 Å². The molecule has 0 saturated heterocycles. The summed E-state index contributed by atoms with van der Waals surface area (Å²) in [5.41, 5.74) is 2.56. The van der Waals surface area contributed by atoms with Gasteiger partial charge in [-0.25, -0.2) is 0 Å². The Balaban J connectivity index is 1.86. The third-order valence-corrected chi connectivity index (χ3v) is 3.60. The Bertz CT molecular complexity index is 637. The molecule has 1 heterocycles.